The Morgan fingerprint density at radius 1 is 1.00 bits per heavy atom. The molecule has 0 atom stereocenters. The van der Waals surface area contributed by atoms with Crippen LogP contribution in [-0.4, -0.2) is 27.2 Å². The molecule has 0 fully saturated rings. The molecule has 0 aliphatic heterocycles. The topological polar surface area (TPSA) is 63.9 Å². The van der Waals surface area contributed by atoms with Crippen molar-refractivity contribution in [2.75, 3.05) is 18.4 Å². The molecule has 6 nitrogen and oxygen atoms in total. The highest BCUT2D eigenvalue weighted by Gasteiger charge is 2.08. The highest BCUT2D eigenvalue weighted by atomic mass is 35.5. The van der Waals surface area contributed by atoms with Crippen molar-refractivity contribution in [3.63, 3.8) is 0 Å². The van der Waals surface area contributed by atoms with E-state index in [0.29, 0.717) is 5.02 Å². The van der Waals surface area contributed by atoms with Crippen molar-refractivity contribution in [1.82, 2.24) is 19.4 Å². The smallest absolute Gasteiger partial charge is 0.328 e. The van der Waals surface area contributed by atoms with Gasteiger partial charge in [-0.3, -0.25) is 14.1 Å². The molecule has 152 valence electrons. The number of halogens is 2. The first-order chi connectivity index (χ1) is 13.5. The summed E-state index contributed by atoms with van der Waals surface area (Å²) in [4.78, 5) is 16.4. The second-order valence-electron chi connectivity index (χ2n) is 6.85. The Kier molecular flexibility index (Phi) is 6.47. The molecule has 2 heterocycles. The molecular formula is C21H23Cl2N5O. The minimum absolute atomic E-state index is 0. The van der Waals surface area contributed by atoms with E-state index in [0.717, 1.165) is 52.8 Å². The highest BCUT2D eigenvalue weighted by molar-refractivity contribution is 6.31. The van der Waals surface area contributed by atoms with Gasteiger partial charge >= 0.3 is 5.69 Å². The fourth-order valence-electron chi connectivity index (χ4n) is 3.46. The number of aromatic nitrogens is 3. The third kappa shape index (κ3) is 4.24. The largest absolute Gasteiger partial charge is 0.383 e. The molecule has 2 aromatic carbocycles. The number of pyridine rings is 1. The lowest BCUT2D eigenvalue weighted by molar-refractivity contribution is 0.707. The van der Waals surface area contributed by atoms with Gasteiger partial charge < -0.3 is 10.6 Å². The summed E-state index contributed by atoms with van der Waals surface area (Å²) in [6, 6.07) is 13.8. The van der Waals surface area contributed by atoms with Gasteiger partial charge in [-0.25, -0.2) is 4.79 Å². The minimum atomic E-state index is -0.00447. The Labute approximate surface area is 179 Å². The summed E-state index contributed by atoms with van der Waals surface area (Å²) in [6.45, 7) is 2.34. The molecule has 29 heavy (non-hydrogen) atoms. The second-order valence-corrected chi connectivity index (χ2v) is 7.28. The first-order valence-corrected chi connectivity index (χ1v) is 9.55. The molecule has 0 saturated carbocycles. The third-order valence-electron chi connectivity index (χ3n) is 4.99. The predicted octanol–water partition coefficient (Wildman–Crippen LogP) is 3.70. The maximum absolute atomic E-state index is 12.0. The molecule has 0 amide bonds. The van der Waals surface area contributed by atoms with Crippen LogP contribution in [0.2, 0.25) is 5.02 Å². The van der Waals surface area contributed by atoms with Crippen molar-refractivity contribution < 1.29 is 0 Å². The van der Waals surface area contributed by atoms with Gasteiger partial charge in [0.25, 0.3) is 0 Å². The van der Waals surface area contributed by atoms with Gasteiger partial charge in [0.1, 0.15) is 0 Å². The zero-order valence-electron chi connectivity index (χ0n) is 16.3. The summed E-state index contributed by atoms with van der Waals surface area (Å²) in [7, 11) is 3.60. The first kappa shape index (κ1) is 21.2. The van der Waals surface area contributed by atoms with Crippen molar-refractivity contribution >= 4 is 51.6 Å². The molecule has 4 rings (SSSR count). The Morgan fingerprint density at radius 3 is 2.62 bits per heavy atom. The van der Waals surface area contributed by atoms with E-state index < -0.39 is 0 Å². The van der Waals surface area contributed by atoms with E-state index in [1.807, 2.05) is 30.3 Å². The Morgan fingerprint density at radius 2 is 1.79 bits per heavy atom. The average Bonchev–Trinajstić information content (AvgIpc) is 2.91. The molecule has 0 aliphatic carbocycles. The zero-order valence-corrected chi connectivity index (χ0v) is 17.8. The highest BCUT2D eigenvalue weighted by Crippen LogP contribution is 2.24. The van der Waals surface area contributed by atoms with Crippen LogP contribution >= 0.6 is 24.0 Å². The van der Waals surface area contributed by atoms with Crippen LogP contribution in [0.4, 0.5) is 5.69 Å². The molecule has 2 N–H and O–H groups in total. The maximum atomic E-state index is 12.0. The van der Waals surface area contributed by atoms with Gasteiger partial charge in [-0.15, -0.1) is 12.4 Å². The maximum Gasteiger partial charge on any atom is 0.328 e. The lowest BCUT2D eigenvalue weighted by Gasteiger charge is -2.10. The van der Waals surface area contributed by atoms with Crippen LogP contribution in [0.25, 0.3) is 21.9 Å². The van der Waals surface area contributed by atoms with Crippen LogP contribution in [-0.2, 0) is 20.6 Å². The van der Waals surface area contributed by atoms with Crippen LogP contribution in [0.15, 0.2) is 53.5 Å². The van der Waals surface area contributed by atoms with E-state index in [1.165, 1.54) is 0 Å². The van der Waals surface area contributed by atoms with E-state index >= 15 is 0 Å². The number of nitrogens with one attached hydrogen (secondary N) is 2. The fraction of sp³-hybridized carbons (Fsp3) is 0.238. The summed E-state index contributed by atoms with van der Waals surface area (Å²) in [5.74, 6) is 0. The molecule has 4 aromatic rings. The number of imidazole rings is 1. The van der Waals surface area contributed by atoms with Gasteiger partial charge in [-0.05, 0) is 42.0 Å². The van der Waals surface area contributed by atoms with E-state index in [9.17, 15) is 4.79 Å². The SMILES string of the molecule is Cl.Cn1c(=O)n(C)c2cc(CNCCNc3ccnc4cc(Cl)ccc34)ccc21. The van der Waals surface area contributed by atoms with Crippen molar-refractivity contribution in [3.05, 3.63) is 69.7 Å². The number of nitrogens with zero attached hydrogens (tertiary/aromatic N) is 3. The number of rotatable bonds is 6. The van der Waals surface area contributed by atoms with Gasteiger partial charge in [-0.1, -0.05) is 17.7 Å². The summed E-state index contributed by atoms with van der Waals surface area (Å²) in [5, 5.41) is 8.63. The van der Waals surface area contributed by atoms with Crippen molar-refractivity contribution in [3.8, 4) is 0 Å². The van der Waals surface area contributed by atoms with Gasteiger partial charge in [0, 0.05) is 56.0 Å². The molecule has 0 saturated heterocycles. The molecule has 2 aromatic heterocycles. The van der Waals surface area contributed by atoms with Crippen molar-refractivity contribution in [1.29, 1.82) is 0 Å². The molecule has 0 spiro atoms. The predicted molar refractivity (Wildman–Crippen MR) is 122 cm³/mol. The molecule has 8 heteroatoms. The van der Waals surface area contributed by atoms with Crippen molar-refractivity contribution in [2.24, 2.45) is 14.1 Å². The van der Waals surface area contributed by atoms with E-state index in [2.05, 4.69) is 27.8 Å². The Balaban J connectivity index is 0.00000240. The minimum Gasteiger partial charge on any atom is -0.383 e. The number of aryl methyl sites for hydroxylation is 2. The summed E-state index contributed by atoms with van der Waals surface area (Å²) in [5.41, 5.74) is 4.97. The number of anilines is 1. The summed E-state index contributed by atoms with van der Waals surface area (Å²) in [6.07, 6.45) is 1.79. The average molecular weight is 432 g/mol. The van der Waals surface area contributed by atoms with Gasteiger partial charge in [0.15, 0.2) is 0 Å². The van der Waals surface area contributed by atoms with E-state index in [4.69, 9.17) is 11.6 Å². The van der Waals surface area contributed by atoms with Gasteiger partial charge in [0.05, 0.1) is 16.6 Å². The van der Waals surface area contributed by atoms with Crippen LogP contribution in [0.5, 0.6) is 0 Å². The van der Waals surface area contributed by atoms with Crippen LogP contribution in [0.3, 0.4) is 0 Å². The fourth-order valence-corrected chi connectivity index (χ4v) is 3.62. The molecular weight excluding hydrogens is 409 g/mol. The van der Waals surface area contributed by atoms with Crippen LogP contribution < -0.4 is 16.3 Å². The zero-order chi connectivity index (χ0) is 19.7. The summed E-state index contributed by atoms with van der Waals surface area (Å²) >= 11 is 6.04. The summed E-state index contributed by atoms with van der Waals surface area (Å²) < 4.78 is 3.35. The van der Waals surface area contributed by atoms with Gasteiger partial charge in [-0.2, -0.15) is 0 Å². The first-order valence-electron chi connectivity index (χ1n) is 9.18. The molecule has 0 unspecified atom stereocenters. The number of hydrogen-bond donors (Lipinski definition) is 2. The standard InChI is InChI=1S/C21H22ClN5O.ClH/c1-26-19-6-3-14(11-20(19)27(2)21(26)28)13-23-9-10-25-17-7-8-24-18-12-15(22)4-5-16(17)18;/h3-8,11-12,23H,9-10,13H2,1-2H3,(H,24,25);1H. The van der Waals surface area contributed by atoms with Gasteiger partial charge in [0.2, 0.25) is 0 Å². The Hall–Kier alpha value is -2.54. The molecule has 0 aliphatic rings. The number of fused-ring (bicyclic) bond motifs is 2. The van der Waals surface area contributed by atoms with Crippen molar-refractivity contribution in [2.45, 2.75) is 6.54 Å². The number of hydrogen-bond acceptors (Lipinski definition) is 4. The van der Waals surface area contributed by atoms with Crippen LogP contribution in [0.1, 0.15) is 5.56 Å². The molecule has 0 radical (unpaired) electrons. The lowest BCUT2D eigenvalue weighted by Crippen LogP contribution is -2.21. The third-order valence-corrected chi connectivity index (χ3v) is 5.22. The normalized spacial score (nSPS) is 11.0. The van der Waals surface area contributed by atoms with E-state index in [1.54, 1.807) is 29.4 Å². The second kappa shape index (κ2) is 8.86. The number of benzene rings is 2. The lowest BCUT2D eigenvalue weighted by atomic mass is 10.2. The van der Waals surface area contributed by atoms with E-state index in [-0.39, 0.29) is 18.1 Å². The monoisotopic (exact) mass is 431 g/mol. The van der Waals surface area contributed by atoms with Crippen LogP contribution in [0, 0.1) is 0 Å². The quantitative estimate of drug-likeness (QED) is 0.456. The Bertz CT molecular complexity index is 1220. The molecule has 0 bridgehead atoms.